The molecule has 1 rings (SSSR count). The van der Waals surface area contributed by atoms with Crippen LogP contribution >= 0.6 is 0 Å². The van der Waals surface area contributed by atoms with E-state index in [0.29, 0.717) is 37.1 Å². The van der Waals surface area contributed by atoms with Gasteiger partial charge in [0.1, 0.15) is 6.04 Å². The molecule has 1 aliphatic heterocycles. The molecule has 2 amide bonds. The van der Waals surface area contributed by atoms with E-state index in [-0.39, 0.29) is 17.9 Å². The molecule has 0 radical (unpaired) electrons. The Labute approximate surface area is 104 Å². The minimum atomic E-state index is -0.317. The summed E-state index contributed by atoms with van der Waals surface area (Å²) in [6.07, 6.45) is 1.09. The molecular formula is C13H24N2O2. The van der Waals surface area contributed by atoms with E-state index in [9.17, 15) is 9.59 Å². The predicted molar refractivity (Wildman–Crippen MR) is 67.3 cm³/mol. The summed E-state index contributed by atoms with van der Waals surface area (Å²) in [6.45, 7) is 9.39. The maximum absolute atomic E-state index is 11.8. The Balaban J connectivity index is 2.38. The molecule has 1 heterocycles. The van der Waals surface area contributed by atoms with Crippen LogP contribution in [-0.4, -0.2) is 24.4 Å². The summed E-state index contributed by atoms with van der Waals surface area (Å²) >= 11 is 0. The molecule has 0 unspecified atom stereocenters. The number of carbonyl (C=O) groups is 2. The van der Waals surface area contributed by atoms with Gasteiger partial charge in [0.2, 0.25) is 11.8 Å². The van der Waals surface area contributed by atoms with E-state index in [4.69, 9.17) is 0 Å². The molecule has 4 heteroatoms. The Morgan fingerprint density at radius 1 is 1.35 bits per heavy atom. The fraction of sp³-hybridized carbons (Fsp3) is 0.846. The first-order valence-electron chi connectivity index (χ1n) is 6.49. The summed E-state index contributed by atoms with van der Waals surface area (Å²) in [6, 6.07) is -0.317. The van der Waals surface area contributed by atoms with Crippen molar-refractivity contribution in [3.63, 3.8) is 0 Å². The van der Waals surface area contributed by atoms with Gasteiger partial charge in [-0.25, -0.2) is 0 Å². The zero-order valence-corrected chi connectivity index (χ0v) is 11.2. The van der Waals surface area contributed by atoms with Crippen molar-refractivity contribution < 1.29 is 9.59 Å². The topological polar surface area (TPSA) is 58.2 Å². The van der Waals surface area contributed by atoms with Gasteiger partial charge in [0.25, 0.3) is 0 Å². The summed E-state index contributed by atoms with van der Waals surface area (Å²) in [5, 5.41) is 5.64. The van der Waals surface area contributed by atoms with Gasteiger partial charge in [-0.1, -0.05) is 27.7 Å². The summed E-state index contributed by atoms with van der Waals surface area (Å²) in [5.74, 6) is 1.52. The highest BCUT2D eigenvalue weighted by Gasteiger charge is 2.28. The van der Waals surface area contributed by atoms with Crippen LogP contribution in [0.15, 0.2) is 0 Å². The lowest BCUT2D eigenvalue weighted by Gasteiger charge is -2.25. The minimum absolute atomic E-state index is 0.0191. The Morgan fingerprint density at radius 3 is 2.35 bits per heavy atom. The number of nitrogens with one attached hydrogen (secondary N) is 2. The molecule has 0 aromatic carbocycles. The first-order valence-corrected chi connectivity index (χ1v) is 6.49. The second kappa shape index (κ2) is 6.03. The molecule has 1 fully saturated rings. The first kappa shape index (κ1) is 14.0. The quantitative estimate of drug-likeness (QED) is 0.761. The molecule has 1 saturated heterocycles. The van der Waals surface area contributed by atoms with Gasteiger partial charge in [0.05, 0.1) is 0 Å². The first-order chi connectivity index (χ1) is 7.91. The predicted octanol–water partition coefficient (Wildman–Crippen LogP) is 1.31. The lowest BCUT2D eigenvalue weighted by Crippen LogP contribution is -2.44. The van der Waals surface area contributed by atoms with E-state index in [1.165, 1.54) is 0 Å². The van der Waals surface area contributed by atoms with Crippen molar-refractivity contribution in [2.24, 2.45) is 17.8 Å². The molecule has 17 heavy (non-hydrogen) atoms. The normalized spacial score (nSPS) is 20.2. The second-order valence-corrected chi connectivity index (χ2v) is 5.56. The van der Waals surface area contributed by atoms with Gasteiger partial charge in [-0.3, -0.25) is 9.59 Å². The average molecular weight is 240 g/mol. The molecule has 1 aliphatic rings. The summed E-state index contributed by atoms with van der Waals surface area (Å²) in [7, 11) is 0. The molecule has 4 nitrogen and oxygen atoms in total. The third kappa shape index (κ3) is 4.02. The van der Waals surface area contributed by atoms with E-state index < -0.39 is 0 Å². The second-order valence-electron chi connectivity index (χ2n) is 5.56. The lowest BCUT2D eigenvalue weighted by atomic mass is 9.85. The zero-order chi connectivity index (χ0) is 13.0. The molecular weight excluding hydrogens is 216 g/mol. The van der Waals surface area contributed by atoms with Crippen LogP contribution in [0.3, 0.4) is 0 Å². The van der Waals surface area contributed by atoms with Crippen LogP contribution in [0, 0.1) is 17.8 Å². The van der Waals surface area contributed by atoms with Crippen LogP contribution < -0.4 is 10.6 Å². The van der Waals surface area contributed by atoms with E-state index in [0.717, 1.165) is 0 Å². The van der Waals surface area contributed by atoms with Crippen molar-refractivity contribution in [3.8, 4) is 0 Å². The van der Waals surface area contributed by atoms with Gasteiger partial charge in [-0.05, 0) is 24.2 Å². The van der Waals surface area contributed by atoms with Gasteiger partial charge in [0.15, 0.2) is 0 Å². The zero-order valence-electron chi connectivity index (χ0n) is 11.2. The third-order valence-corrected chi connectivity index (χ3v) is 3.54. The molecule has 0 aromatic heterocycles. The Hall–Kier alpha value is -1.06. The van der Waals surface area contributed by atoms with Gasteiger partial charge >= 0.3 is 0 Å². The van der Waals surface area contributed by atoms with Crippen LogP contribution in [0.5, 0.6) is 0 Å². The van der Waals surface area contributed by atoms with Gasteiger partial charge in [-0.15, -0.1) is 0 Å². The Kier molecular flexibility index (Phi) is 4.97. The van der Waals surface area contributed by atoms with Gasteiger partial charge in [0, 0.05) is 13.0 Å². The number of amides is 2. The Bertz CT molecular complexity index is 279. The van der Waals surface area contributed by atoms with Crippen molar-refractivity contribution in [1.82, 2.24) is 10.6 Å². The van der Waals surface area contributed by atoms with Crippen molar-refractivity contribution in [2.45, 2.75) is 46.6 Å². The minimum Gasteiger partial charge on any atom is -0.354 e. The lowest BCUT2D eigenvalue weighted by molar-refractivity contribution is -0.126. The molecule has 2 N–H and O–H groups in total. The standard InChI is InChI=1S/C13H24N2O2/c1-8(2)10(9(3)4)7-14-13(17)11-5-6-12(16)15-11/h8-11H,5-7H2,1-4H3,(H,14,17)(H,15,16)/t11-/m0/s1. The smallest absolute Gasteiger partial charge is 0.242 e. The summed E-state index contributed by atoms with van der Waals surface area (Å²) in [5.41, 5.74) is 0. The molecule has 0 aliphatic carbocycles. The highest BCUT2D eigenvalue weighted by molar-refractivity contribution is 5.90. The Morgan fingerprint density at radius 2 is 1.94 bits per heavy atom. The maximum atomic E-state index is 11.8. The molecule has 0 spiro atoms. The third-order valence-electron chi connectivity index (χ3n) is 3.54. The number of hydrogen-bond acceptors (Lipinski definition) is 2. The summed E-state index contributed by atoms with van der Waals surface area (Å²) in [4.78, 5) is 22.8. The molecule has 98 valence electrons. The van der Waals surface area contributed by atoms with E-state index in [1.807, 2.05) is 0 Å². The number of carbonyl (C=O) groups excluding carboxylic acids is 2. The van der Waals surface area contributed by atoms with Gasteiger partial charge in [-0.2, -0.15) is 0 Å². The van der Waals surface area contributed by atoms with Crippen LogP contribution in [0.1, 0.15) is 40.5 Å². The fourth-order valence-corrected chi connectivity index (χ4v) is 2.39. The molecule has 0 saturated carbocycles. The van der Waals surface area contributed by atoms with Crippen molar-refractivity contribution in [3.05, 3.63) is 0 Å². The van der Waals surface area contributed by atoms with Crippen LogP contribution in [0.25, 0.3) is 0 Å². The average Bonchev–Trinajstić information content (AvgIpc) is 2.63. The SMILES string of the molecule is CC(C)C(CNC(=O)[C@@H]1CCC(=O)N1)C(C)C. The van der Waals surface area contributed by atoms with Crippen molar-refractivity contribution in [2.75, 3.05) is 6.54 Å². The molecule has 0 bridgehead atoms. The highest BCUT2D eigenvalue weighted by atomic mass is 16.2. The van der Waals surface area contributed by atoms with E-state index in [2.05, 4.69) is 38.3 Å². The van der Waals surface area contributed by atoms with Crippen molar-refractivity contribution in [1.29, 1.82) is 0 Å². The number of rotatable bonds is 5. The van der Waals surface area contributed by atoms with Crippen molar-refractivity contribution >= 4 is 11.8 Å². The molecule has 0 aromatic rings. The highest BCUT2D eigenvalue weighted by Crippen LogP contribution is 2.19. The van der Waals surface area contributed by atoms with Crippen LogP contribution in [-0.2, 0) is 9.59 Å². The van der Waals surface area contributed by atoms with Gasteiger partial charge < -0.3 is 10.6 Å². The van der Waals surface area contributed by atoms with E-state index in [1.54, 1.807) is 0 Å². The summed E-state index contributed by atoms with van der Waals surface area (Å²) < 4.78 is 0. The largest absolute Gasteiger partial charge is 0.354 e. The van der Waals surface area contributed by atoms with Crippen LogP contribution in [0.2, 0.25) is 0 Å². The van der Waals surface area contributed by atoms with Crippen LogP contribution in [0.4, 0.5) is 0 Å². The molecule has 1 atom stereocenters. The fourth-order valence-electron chi connectivity index (χ4n) is 2.39. The van der Waals surface area contributed by atoms with E-state index >= 15 is 0 Å². The number of hydrogen-bond donors (Lipinski definition) is 2. The monoisotopic (exact) mass is 240 g/mol. The maximum Gasteiger partial charge on any atom is 0.242 e.